The fourth-order valence-electron chi connectivity index (χ4n) is 1.73. The summed E-state index contributed by atoms with van der Waals surface area (Å²) in [6, 6.07) is 6.62. The van der Waals surface area contributed by atoms with Gasteiger partial charge in [-0.1, -0.05) is 23.2 Å². The molecular weight excluding hydrogens is 309 g/mol. The van der Waals surface area contributed by atoms with Crippen molar-refractivity contribution >= 4 is 23.2 Å². The fraction of sp³-hybridized carbons (Fsp3) is 0.333. The van der Waals surface area contributed by atoms with Gasteiger partial charge in [0.1, 0.15) is 5.82 Å². The summed E-state index contributed by atoms with van der Waals surface area (Å²) in [5.41, 5.74) is 1.15. The van der Waals surface area contributed by atoms with Crippen LogP contribution in [0.5, 0.6) is 0 Å². The topological polar surface area (TPSA) is 57.8 Å². The second kappa shape index (κ2) is 6.18. The summed E-state index contributed by atoms with van der Waals surface area (Å²) in [6.07, 6.45) is 0. The molecule has 0 radical (unpaired) electrons. The van der Waals surface area contributed by atoms with Gasteiger partial charge < -0.3 is 10.3 Å². The van der Waals surface area contributed by atoms with E-state index in [9.17, 15) is 4.79 Å². The number of nitrogens with one attached hydrogen (secondary N) is 2. The lowest BCUT2D eigenvalue weighted by Gasteiger charge is -2.20. The molecule has 0 atom stereocenters. The molecule has 2 aromatic rings. The molecular formula is C15H17Cl2N3O. The minimum absolute atomic E-state index is 0.0476. The highest BCUT2D eigenvalue weighted by atomic mass is 35.5. The Labute approximate surface area is 133 Å². The van der Waals surface area contributed by atoms with Crippen molar-refractivity contribution in [3.63, 3.8) is 0 Å². The Morgan fingerprint density at radius 3 is 2.52 bits per heavy atom. The lowest BCUT2D eigenvalue weighted by molar-refractivity contribution is 0.421. The van der Waals surface area contributed by atoms with Crippen LogP contribution in [0.15, 0.2) is 29.1 Å². The first-order valence-corrected chi connectivity index (χ1v) is 7.31. The van der Waals surface area contributed by atoms with Crippen LogP contribution in [0.3, 0.4) is 0 Å². The number of hydrogen-bond donors (Lipinski definition) is 2. The van der Waals surface area contributed by atoms with Gasteiger partial charge in [0.05, 0.1) is 15.7 Å². The molecule has 0 fully saturated rings. The van der Waals surface area contributed by atoms with E-state index in [0.29, 0.717) is 28.1 Å². The van der Waals surface area contributed by atoms with E-state index < -0.39 is 0 Å². The van der Waals surface area contributed by atoms with E-state index in [1.54, 1.807) is 18.2 Å². The summed E-state index contributed by atoms with van der Waals surface area (Å²) in [5, 5.41) is 4.19. The van der Waals surface area contributed by atoms with Gasteiger partial charge in [0.2, 0.25) is 0 Å². The second-order valence-electron chi connectivity index (χ2n) is 5.82. The highest BCUT2D eigenvalue weighted by Gasteiger charge is 2.11. The Bertz CT molecular complexity index is 705. The number of hydrogen-bond acceptors (Lipinski definition) is 3. The van der Waals surface area contributed by atoms with Crippen molar-refractivity contribution in [2.75, 3.05) is 0 Å². The third-order valence-electron chi connectivity index (χ3n) is 2.79. The molecule has 0 saturated carbocycles. The monoisotopic (exact) mass is 325 g/mol. The first-order chi connectivity index (χ1) is 9.74. The zero-order valence-electron chi connectivity index (χ0n) is 12.1. The van der Waals surface area contributed by atoms with E-state index in [1.807, 2.05) is 0 Å². The van der Waals surface area contributed by atoms with Crippen LogP contribution in [0.25, 0.3) is 11.4 Å². The van der Waals surface area contributed by atoms with Gasteiger partial charge in [0.25, 0.3) is 5.56 Å². The summed E-state index contributed by atoms with van der Waals surface area (Å²) < 4.78 is 0. The number of benzene rings is 1. The largest absolute Gasteiger partial charge is 0.307 e. The van der Waals surface area contributed by atoms with Crippen molar-refractivity contribution in [3.8, 4) is 11.4 Å². The molecule has 0 spiro atoms. The normalized spacial score (nSPS) is 11.7. The van der Waals surface area contributed by atoms with E-state index in [1.165, 1.54) is 6.07 Å². The molecule has 6 heteroatoms. The predicted octanol–water partition coefficient (Wildman–Crippen LogP) is 3.63. The van der Waals surface area contributed by atoms with E-state index in [4.69, 9.17) is 23.2 Å². The molecule has 1 aromatic heterocycles. The number of H-pyrrole nitrogens is 1. The summed E-state index contributed by atoms with van der Waals surface area (Å²) in [6.45, 7) is 6.68. The number of nitrogens with zero attached hydrogens (tertiary/aromatic N) is 1. The Morgan fingerprint density at radius 1 is 1.19 bits per heavy atom. The predicted molar refractivity (Wildman–Crippen MR) is 86.9 cm³/mol. The van der Waals surface area contributed by atoms with Crippen LogP contribution in [0.1, 0.15) is 26.5 Å². The van der Waals surface area contributed by atoms with Gasteiger partial charge in [-0.3, -0.25) is 4.79 Å². The lowest BCUT2D eigenvalue weighted by Crippen LogP contribution is -2.35. The van der Waals surface area contributed by atoms with Crippen LogP contribution >= 0.6 is 23.2 Å². The molecule has 2 N–H and O–H groups in total. The van der Waals surface area contributed by atoms with Crippen LogP contribution in [-0.2, 0) is 6.54 Å². The van der Waals surface area contributed by atoms with Crippen LogP contribution in [0, 0.1) is 0 Å². The number of aromatic amines is 1. The fourth-order valence-corrected chi connectivity index (χ4v) is 2.03. The van der Waals surface area contributed by atoms with E-state index in [-0.39, 0.29) is 11.1 Å². The number of rotatable bonds is 3. The standard InChI is InChI=1S/C15H17Cl2N3O/c1-15(2,3)18-8-10-7-13(21)20-14(19-10)9-4-5-11(16)12(17)6-9/h4-7,18H,8H2,1-3H3,(H,19,20,21). The van der Waals surface area contributed by atoms with Crippen molar-refractivity contribution in [2.45, 2.75) is 32.9 Å². The number of aromatic nitrogens is 2. The third-order valence-corrected chi connectivity index (χ3v) is 3.53. The Morgan fingerprint density at radius 2 is 1.90 bits per heavy atom. The average Bonchev–Trinajstić information content (AvgIpc) is 2.38. The van der Waals surface area contributed by atoms with Crippen LogP contribution < -0.4 is 10.9 Å². The molecule has 1 aromatic carbocycles. The van der Waals surface area contributed by atoms with Gasteiger partial charge >= 0.3 is 0 Å². The number of halogens is 2. The summed E-state index contributed by atoms with van der Waals surface area (Å²) >= 11 is 11.9. The minimum atomic E-state index is -0.197. The van der Waals surface area contributed by atoms with Crippen molar-refractivity contribution in [1.82, 2.24) is 15.3 Å². The molecule has 0 unspecified atom stereocenters. The van der Waals surface area contributed by atoms with Gasteiger partial charge in [-0.25, -0.2) is 4.98 Å². The highest BCUT2D eigenvalue weighted by Crippen LogP contribution is 2.26. The van der Waals surface area contributed by atoms with E-state index >= 15 is 0 Å². The zero-order chi connectivity index (χ0) is 15.6. The molecule has 21 heavy (non-hydrogen) atoms. The summed E-state index contributed by atoms with van der Waals surface area (Å²) in [4.78, 5) is 18.9. The molecule has 0 aliphatic heterocycles. The van der Waals surface area contributed by atoms with Gasteiger partial charge in [-0.2, -0.15) is 0 Å². The first kappa shape index (κ1) is 16.0. The Hall–Kier alpha value is -1.36. The van der Waals surface area contributed by atoms with Crippen molar-refractivity contribution in [1.29, 1.82) is 0 Å². The van der Waals surface area contributed by atoms with E-state index in [2.05, 4.69) is 36.1 Å². The van der Waals surface area contributed by atoms with Crippen LogP contribution in [-0.4, -0.2) is 15.5 Å². The van der Waals surface area contributed by atoms with Crippen molar-refractivity contribution in [2.24, 2.45) is 0 Å². The maximum atomic E-state index is 11.8. The van der Waals surface area contributed by atoms with Gasteiger partial charge in [-0.15, -0.1) is 0 Å². The Kier molecular flexibility index (Phi) is 4.71. The van der Waals surface area contributed by atoms with Gasteiger partial charge in [-0.05, 0) is 39.0 Å². The molecule has 2 rings (SSSR count). The third kappa shape index (κ3) is 4.56. The van der Waals surface area contributed by atoms with Gasteiger partial charge in [0.15, 0.2) is 0 Å². The second-order valence-corrected chi connectivity index (χ2v) is 6.63. The molecule has 0 amide bonds. The molecule has 0 aliphatic carbocycles. The van der Waals surface area contributed by atoms with Crippen molar-refractivity contribution < 1.29 is 0 Å². The van der Waals surface area contributed by atoms with Crippen LogP contribution in [0.4, 0.5) is 0 Å². The molecule has 0 aliphatic rings. The average molecular weight is 326 g/mol. The first-order valence-electron chi connectivity index (χ1n) is 6.55. The molecule has 4 nitrogen and oxygen atoms in total. The summed E-state index contributed by atoms with van der Waals surface area (Å²) in [5.74, 6) is 0.478. The maximum absolute atomic E-state index is 11.8. The molecule has 112 valence electrons. The summed E-state index contributed by atoms with van der Waals surface area (Å²) in [7, 11) is 0. The zero-order valence-corrected chi connectivity index (χ0v) is 13.6. The maximum Gasteiger partial charge on any atom is 0.251 e. The quantitative estimate of drug-likeness (QED) is 0.905. The smallest absolute Gasteiger partial charge is 0.251 e. The molecule has 1 heterocycles. The van der Waals surface area contributed by atoms with Crippen LogP contribution in [0.2, 0.25) is 10.0 Å². The lowest BCUT2D eigenvalue weighted by atomic mass is 10.1. The highest BCUT2D eigenvalue weighted by molar-refractivity contribution is 6.42. The van der Waals surface area contributed by atoms with Crippen molar-refractivity contribution in [3.05, 3.63) is 50.4 Å². The molecule has 0 saturated heterocycles. The SMILES string of the molecule is CC(C)(C)NCc1cc(=O)[nH]c(-c2ccc(Cl)c(Cl)c2)n1. The Balaban J connectivity index is 2.34. The molecule has 0 bridgehead atoms. The van der Waals surface area contributed by atoms with E-state index in [0.717, 1.165) is 5.56 Å². The van der Waals surface area contributed by atoms with Gasteiger partial charge in [0, 0.05) is 23.7 Å². The minimum Gasteiger partial charge on any atom is -0.307 e.